The second-order valence-electron chi connectivity index (χ2n) is 5.44. The van der Waals surface area contributed by atoms with Crippen molar-refractivity contribution in [2.75, 3.05) is 13.1 Å². The Balaban J connectivity index is 0.000000220. The number of aromatic amines is 1. The van der Waals surface area contributed by atoms with E-state index >= 15 is 0 Å². The number of aromatic nitrogens is 1. The molecule has 2 atom stereocenters. The molecule has 22 heavy (non-hydrogen) atoms. The lowest BCUT2D eigenvalue weighted by Crippen LogP contribution is -2.49. The Morgan fingerprint density at radius 3 is 2.32 bits per heavy atom. The smallest absolute Gasteiger partial charge is 0.390 e. The molecule has 5 nitrogen and oxygen atoms in total. The van der Waals surface area contributed by atoms with Crippen LogP contribution in [-0.2, 0) is 6.18 Å². The van der Waals surface area contributed by atoms with Crippen molar-refractivity contribution in [2.24, 2.45) is 0 Å². The molecule has 1 aliphatic heterocycles. The second-order valence-corrected chi connectivity index (χ2v) is 5.44. The molecular formula is C14H21F3N2O3. The van der Waals surface area contributed by atoms with Crippen LogP contribution in [0.2, 0.25) is 0 Å². The van der Waals surface area contributed by atoms with Crippen LogP contribution in [-0.4, -0.2) is 51.4 Å². The number of H-pyrrole nitrogens is 1. The Bertz CT molecular complexity index is 517. The van der Waals surface area contributed by atoms with E-state index in [0.29, 0.717) is 19.0 Å². The number of likely N-dealkylation sites (tertiary alicyclic amines) is 1. The third kappa shape index (κ3) is 5.78. The summed E-state index contributed by atoms with van der Waals surface area (Å²) in [6.07, 6.45) is -4.84. The number of aliphatic hydroxyl groups excluding tert-OH is 2. The van der Waals surface area contributed by atoms with E-state index in [1.807, 2.05) is 0 Å². The van der Waals surface area contributed by atoms with Gasteiger partial charge in [-0.1, -0.05) is 6.07 Å². The summed E-state index contributed by atoms with van der Waals surface area (Å²) in [5, 5.41) is 18.5. The topological polar surface area (TPSA) is 76.6 Å². The number of nitrogens with one attached hydrogen (secondary N) is 1. The molecule has 1 aliphatic rings. The molecule has 2 unspecified atom stereocenters. The number of nitrogens with zero attached hydrogens (tertiary/aromatic N) is 1. The highest BCUT2D eigenvalue weighted by molar-refractivity contribution is 5.06. The number of rotatable bonds is 1. The average Bonchev–Trinajstić information content (AvgIpc) is 2.41. The van der Waals surface area contributed by atoms with Crippen molar-refractivity contribution >= 4 is 0 Å². The van der Waals surface area contributed by atoms with Crippen molar-refractivity contribution in [3.05, 3.63) is 34.2 Å². The molecule has 0 bridgehead atoms. The normalized spacial score (nSPS) is 23.1. The maximum absolute atomic E-state index is 11.8. The van der Waals surface area contributed by atoms with Gasteiger partial charge in [0.1, 0.15) is 5.69 Å². The van der Waals surface area contributed by atoms with Gasteiger partial charge in [0.15, 0.2) is 0 Å². The van der Waals surface area contributed by atoms with E-state index in [2.05, 4.69) is 18.7 Å². The van der Waals surface area contributed by atoms with E-state index < -0.39 is 29.6 Å². The fraction of sp³-hybridized carbons (Fsp3) is 0.643. The molecule has 3 N–H and O–H groups in total. The van der Waals surface area contributed by atoms with Crippen LogP contribution in [0, 0.1) is 0 Å². The number of piperidine rings is 1. The van der Waals surface area contributed by atoms with E-state index in [-0.39, 0.29) is 0 Å². The van der Waals surface area contributed by atoms with Gasteiger partial charge >= 0.3 is 6.18 Å². The van der Waals surface area contributed by atoms with Crippen LogP contribution >= 0.6 is 0 Å². The number of aliphatic hydroxyl groups is 2. The lowest BCUT2D eigenvalue weighted by atomic mass is 10.0. The number of β-amino-alcohol motifs (C(OH)–C–C–N with tert-alkyl or cyclic N) is 1. The lowest BCUT2D eigenvalue weighted by Gasteiger charge is -2.35. The van der Waals surface area contributed by atoms with E-state index in [0.717, 1.165) is 24.7 Å². The fourth-order valence-electron chi connectivity index (χ4n) is 2.03. The van der Waals surface area contributed by atoms with E-state index in [4.69, 9.17) is 0 Å². The van der Waals surface area contributed by atoms with Crippen LogP contribution in [0.15, 0.2) is 23.0 Å². The Labute approximate surface area is 126 Å². The number of alkyl halides is 3. The molecule has 1 saturated heterocycles. The zero-order valence-electron chi connectivity index (χ0n) is 12.5. The summed E-state index contributed by atoms with van der Waals surface area (Å²) in [6, 6.07) is 3.36. The molecule has 1 aromatic heterocycles. The first-order valence-electron chi connectivity index (χ1n) is 6.98. The van der Waals surface area contributed by atoms with Crippen molar-refractivity contribution in [2.45, 2.75) is 44.7 Å². The first-order valence-corrected chi connectivity index (χ1v) is 6.98. The summed E-state index contributed by atoms with van der Waals surface area (Å²) in [4.78, 5) is 14.2. The molecule has 0 aliphatic carbocycles. The molecule has 2 rings (SSSR count). The highest BCUT2D eigenvalue weighted by Crippen LogP contribution is 2.25. The van der Waals surface area contributed by atoms with Gasteiger partial charge < -0.3 is 15.2 Å². The quantitative estimate of drug-likeness (QED) is 0.726. The number of halogens is 3. The van der Waals surface area contributed by atoms with Crippen LogP contribution < -0.4 is 5.56 Å². The summed E-state index contributed by atoms with van der Waals surface area (Å²) in [7, 11) is 0. The van der Waals surface area contributed by atoms with Gasteiger partial charge in [0, 0.05) is 25.2 Å². The van der Waals surface area contributed by atoms with Crippen LogP contribution in [0.4, 0.5) is 13.2 Å². The third-order valence-electron chi connectivity index (χ3n) is 3.38. The van der Waals surface area contributed by atoms with Crippen LogP contribution in [0.5, 0.6) is 0 Å². The molecule has 0 radical (unpaired) electrons. The summed E-state index contributed by atoms with van der Waals surface area (Å²) >= 11 is 0. The van der Waals surface area contributed by atoms with Crippen molar-refractivity contribution in [3.63, 3.8) is 0 Å². The number of pyridine rings is 1. The Morgan fingerprint density at radius 1 is 1.27 bits per heavy atom. The molecule has 0 aromatic carbocycles. The van der Waals surface area contributed by atoms with Crippen LogP contribution in [0.25, 0.3) is 0 Å². The standard InChI is InChI=1S/C8H17NO2.C6H4F3NO/c1-6(2)9-4-3-7(10)8(11)5-9;7-6(8,9)4-2-1-3-5(11)10-4/h6-8,10-11H,3-5H2,1-2H3;1-3H,(H,10,11). The zero-order valence-corrected chi connectivity index (χ0v) is 12.5. The van der Waals surface area contributed by atoms with Gasteiger partial charge in [0.05, 0.1) is 12.2 Å². The number of hydrogen-bond acceptors (Lipinski definition) is 4. The summed E-state index contributed by atoms with van der Waals surface area (Å²) in [5.41, 5.74) is -1.77. The van der Waals surface area contributed by atoms with Gasteiger partial charge in [-0.2, -0.15) is 13.2 Å². The molecule has 1 aromatic rings. The highest BCUT2D eigenvalue weighted by atomic mass is 19.4. The molecule has 0 spiro atoms. The minimum Gasteiger partial charge on any atom is -0.390 e. The molecule has 1 fully saturated rings. The Kier molecular flexibility index (Phi) is 6.58. The summed E-state index contributed by atoms with van der Waals surface area (Å²) < 4.78 is 35.4. The predicted octanol–water partition coefficient (Wildman–Crippen LogP) is 1.22. The Hall–Kier alpha value is -1.38. The van der Waals surface area contributed by atoms with Crippen molar-refractivity contribution in [1.82, 2.24) is 9.88 Å². The van der Waals surface area contributed by atoms with Crippen molar-refractivity contribution in [1.29, 1.82) is 0 Å². The molecular weight excluding hydrogens is 301 g/mol. The monoisotopic (exact) mass is 322 g/mol. The molecule has 2 heterocycles. The highest BCUT2D eigenvalue weighted by Gasteiger charge is 2.31. The average molecular weight is 322 g/mol. The number of hydrogen-bond donors (Lipinski definition) is 3. The molecule has 0 amide bonds. The maximum Gasteiger partial charge on any atom is 0.431 e. The lowest BCUT2D eigenvalue weighted by molar-refractivity contribution is -0.141. The molecule has 8 heteroatoms. The fourth-order valence-corrected chi connectivity index (χ4v) is 2.03. The van der Waals surface area contributed by atoms with Crippen molar-refractivity contribution in [3.8, 4) is 0 Å². The van der Waals surface area contributed by atoms with Crippen LogP contribution in [0.3, 0.4) is 0 Å². The van der Waals surface area contributed by atoms with E-state index in [9.17, 15) is 28.2 Å². The van der Waals surface area contributed by atoms with Gasteiger partial charge in [-0.3, -0.25) is 9.69 Å². The van der Waals surface area contributed by atoms with Gasteiger partial charge in [0.25, 0.3) is 0 Å². The van der Waals surface area contributed by atoms with E-state index in [1.165, 1.54) is 0 Å². The van der Waals surface area contributed by atoms with Gasteiger partial charge in [0.2, 0.25) is 5.56 Å². The zero-order chi connectivity index (χ0) is 16.9. The minimum atomic E-state index is -4.47. The minimum absolute atomic E-state index is 0.470. The predicted molar refractivity (Wildman–Crippen MR) is 75.4 cm³/mol. The van der Waals surface area contributed by atoms with Gasteiger partial charge in [-0.05, 0) is 26.3 Å². The second kappa shape index (κ2) is 7.75. The van der Waals surface area contributed by atoms with Crippen molar-refractivity contribution < 1.29 is 23.4 Å². The SMILES string of the molecule is CC(C)N1CCC(O)C(O)C1.O=c1cccc(C(F)(F)F)[nH]1. The van der Waals surface area contributed by atoms with Crippen LogP contribution in [0.1, 0.15) is 26.0 Å². The molecule has 0 saturated carbocycles. The first kappa shape index (κ1) is 18.7. The van der Waals surface area contributed by atoms with Gasteiger partial charge in [-0.15, -0.1) is 0 Å². The largest absolute Gasteiger partial charge is 0.431 e. The summed E-state index contributed by atoms with van der Waals surface area (Å²) in [5.74, 6) is 0. The van der Waals surface area contributed by atoms with E-state index in [1.54, 1.807) is 4.98 Å². The van der Waals surface area contributed by atoms with Gasteiger partial charge in [-0.25, -0.2) is 0 Å². The maximum atomic E-state index is 11.8. The first-order chi connectivity index (χ1) is 10.1. The molecule has 126 valence electrons. The third-order valence-corrected chi connectivity index (χ3v) is 3.38. The summed E-state index contributed by atoms with van der Waals surface area (Å²) in [6.45, 7) is 5.71. The Morgan fingerprint density at radius 2 is 1.91 bits per heavy atom.